The number of thioether (sulfide) groups is 1. The van der Waals surface area contributed by atoms with Crippen LogP contribution in [0.1, 0.15) is 11.6 Å². The topological polar surface area (TPSA) is 63.8 Å². The van der Waals surface area contributed by atoms with Gasteiger partial charge in [-0.1, -0.05) is 17.7 Å². The third-order valence-electron chi connectivity index (χ3n) is 2.40. The van der Waals surface area contributed by atoms with E-state index in [2.05, 4.69) is 15.4 Å². The summed E-state index contributed by atoms with van der Waals surface area (Å²) in [6.45, 7) is 0. The Morgan fingerprint density at radius 3 is 2.78 bits per heavy atom. The zero-order valence-electron chi connectivity index (χ0n) is 9.58. The van der Waals surface area contributed by atoms with Crippen LogP contribution in [-0.2, 0) is 0 Å². The number of hydrazine groups is 1. The van der Waals surface area contributed by atoms with Crippen molar-refractivity contribution < 1.29 is 0 Å². The first-order valence-corrected chi connectivity index (χ1v) is 6.75. The van der Waals surface area contributed by atoms with Gasteiger partial charge >= 0.3 is 0 Å². The van der Waals surface area contributed by atoms with Gasteiger partial charge in [0.2, 0.25) is 0 Å². The van der Waals surface area contributed by atoms with Gasteiger partial charge < -0.3 is 0 Å². The molecule has 2 rings (SSSR count). The summed E-state index contributed by atoms with van der Waals surface area (Å²) in [5, 5.41) is 0.736. The summed E-state index contributed by atoms with van der Waals surface area (Å²) < 4.78 is 0. The summed E-state index contributed by atoms with van der Waals surface area (Å²) >= 11 is 7.62. The molecule has 4 nitrogen and oxygen atoms in total. The van der Waals surface area contributed by atoms with E-state index in [9.17, 15) is 0 Å². The number of rotatable bonds is 5. The molecule has 0 spiro atoms. The first-order valence-electron chi connectivity index (χ1n) is 5.39. The Morgan fingerprint density at radius 1 is 1.33 bits per heavy atom. The zero-order chi connectivity index (χ0) is 12.8. The Morgan fingerprint density at radius 2 is 2.11 bits per heavy atom. The van der Waals surface area contributed by atoms with Crippen molar-refractivity contribution >= 4 is 23.4 Å². The van der Waals surface area contributed by atoms with Crippen molar-refractivity contribution in [3.63, 3.8) is 0 Å². The van der Waals surface area contributed by atoms with Gasteiger partial charge in [-0.25, -0.2) is 9.97 Å². The second kappa shape index (κ2) is 6.70. The molecule has 1 unspecified atom stereocenters. The van der Waals surface area contributed by atoms with Crippen LogP contribution in [-0.4, -0.2) is 15.7 Å². The Bertz CT molecular complexity index is 494. The van der Waals surface area contributed by atoms with Crippen molar-refractivity contribution in [1.29, 1.82) is 0 Å². The largest absolute Gasteiger partial charge is 0.271 e. The molecule has 0 radical (unpaired) electrons. The minimum absolute atomic E-state index is 0.00943. The van der Waals surface area contributed by atoms with E-state index in [1.807, 2.05) is 24.3 Å². The molecule has 0 amide bonds. The van der Waals surface area contributed by atoms with E-state index in [1.165, 1.54) is 6.33 Å². The Kier molecular flexibility index (Phi) is 4.95. The smallest absolute Gasteiger partial charge is 0.115 e. The van der Waals surface area contributed by atoms with Crippen molar-refractivity contribution in [2.24, 2.45) is 5.84 Å². The molecule has 1 aromatic heterocycles. The highest BCUT2D eigenvalue weighted by atomic mass is 35.5. The Labute approximate surface area is 115 Å². The normalized spacial score (nSPS) is 12.3. The molecule has 18 heavy (non-hydrogen) atoms. The van der Waals surface area contributed by atoms with E-state index >= 15 is 0 Å². The van der Waals surface area contributed by atoms with E-state index < -0.39 is 0 Å². The van der Waals surface area contributed by atoms with Gasteiger partial charge in [0.05, 0.1) is 6.04 Å². The lowest BCUT2D eigenvalue weighted by Gasteiger charge is -2.14. The lowest BCUT2D eigenvalue weighted by molar-refractivity contribution is 0.606. The van der Waals surface area contributed by atoms with Gasteiger partial charge in [0.1, 0.15) is 6.33 Å². The molecule has 1 atom stereocenters. The molecule has 6 heteroatoms. The molecule has 0 saturated carbocycles. The second-order valence-corrected chi connectivity index (χ2v) is 5.19. The number of aromatic nitrogens is 2. The van der Waals surface area contributed by atoms with Crippen molar-refractivity contribution in [2.75, 3.05) is 5.75 Å². The van der Waals surface area contributed by atoms with Gasteiger partial charge in [0.25, 0.3) is 0 Å². The van der Waals surface area contributed by atoms with E-state index in [0.29, 0.717) is 0 Å². The number of hydrogen-bond acceptors (Lipinski definition) is 5. The minimum Gasteiger partial charge on any atom is -0.271 e. The monoisotopic (exact) mass is 280 g/mol. The number of nitrogens with one attached hydrogen (secondary N) is 1. The van der Waals surface area contributed by atoms with Crippen LogP contribution in [0.5, 0.6) is 0 Å². The van der Waals surface area contributed by atoms with Gasteiger partial charge in [-0.2, -0.15) is 0 Å². The van der Waals surface area contributed by atoms with Crippen LogP contribution in [0.2, 0.25) is 5.02 Å². The summed E-state index contributed by atoms with van der Waals surface area (Å²) in [6.07, 6.45) is 5.02. The zero-order valence-corrected chi connectivity index (χ0v) is 11.2. The van der Waals surface area contributed by atoms with E-state index in [4.69, 9.17) is 17.4 Å². The second-order valence-electron chi connectivity index (χ2n) is 3.66. The molecular formula is C12H13ClN4S. The predicted octanol–water partition coefficient (Wildman–Crippen LogP) is 2.43. The molecule has 0 aliphatic carbocycles. The maximum Gasteiger partial charge on any atom is 0.115 e. The number of hydrogen-bond donors (Lipinski definition) is 2. The molecule has 0 saturated heterocycles. The van der Waals surface area contributed by atoms with Gasteiger partial charge in [0.15, 0.2) is 0 Å². The predicted molar refractivity (Wildman–Crippen MR) is 74.3 cm³/mol. The highest BCUT2D eigenvalue weighted by Gasteiger charge is 2.10. The van der Waals surface area contributed by atoms with Crippen LogP contribution in [0.25, 0.3) is 0 Å². The number of halogens is 1. The minimum atomic E-state index is 0.00943. The summed E-state index contributed by atoms with van der Waals surface area (Å²) in [5.74, 6) is 6.34. The van der Waals surface area contributed by atoms with Gasteiger partial charge in [-0.3, -0.25) is 11.3 Å². The lowest BCUT2D eigenvalue weighted by Crippen LogP contribution is -2.29. The Balaban J connectivity index is 2.00. The molecule has 94 valence electrons. The fourth-order valence-corrected chi connectivity index (χ4v) is 2.76. The molecular weight excluding hydrogens is 268 g/mol. The van der Waals surface area contributed by atoms with Gasteiger partial charge in [-0.15, -0.1) is 11.8 Å². The third-order valence-corrected chi connectivity index (χ3v) is 3.72. The third kappa shape index (κ3) is 3.68. The first-order chi connectivity index (χ1) is 8.79. The summed E-state index contributed by atoms with van der Waals surface area (Å²) in [7, 11) is 0. The molecule has 0 fully saturated rings. The van der Waals surface area contributed by atoms with Crippen LogP contribution in [0.3, 0.4) is 0 Å². The van der Waals surface area contributed by atoms with Crippen molar-refractivity contribution in [1.82, 2.24) is 15.4 Å². The lowest BCUT2D eigenvalue weighted by atomic mass is 10.2. The SMILES string of the molecule is NNC(CSc1cccc(Cl)c1)c1cncnc1. The molecule has 1 aromatic carbocycles. The number of nitrogens with zero attached hydrogens (tertiary/aromatic N) is 2. The maximum atomic E-state index is 5.94. The molecule has 0 aliphatic rings. The van der Waals surface area contributed by atoms with Gasteiger partial charge in [-0.05, 0) is 18.2 Å². The average Bonchev–Trinajstić information content (AvgIpc) is 2.41. The van der Waals surface area contributed by atoms with Gasteiger partial charge in [0, 0.05) is 33.6 Å². The van der Waals surface area contributed by atoms with E-state index in [1.54, 1.807) is 24.2 Å². The summed E-state index contributed by atoms with van der Waals surface area (Å²) in [6, 6.07) is 7.75. The van der Waals surface area contributed by atoms with Crippen LogP contribution in [0.4, 0.5) is 0 Å². The van der Waals surface area contributed by atoms with Crippen molar-refractivity contribution in [3.05, 3.63) is 53.6 Å². The van der Waals surface area contributed by atoms with Crippen LogP contribution in [0.15, 0.2) is 47.9 Å². The van der Waals surface area contributed by atoms with E-state index in [0.717, 1.165) is 21.2 Å². The highest BCUT2D eigenvalue weighted by Crippen LogP contribution is 2.25. The van der Waals surface area contributed by atoms with E-state index in [-0.39, 0.29) is 6.04 Å². The fraction of sp³-hybridized carbons (Fsp3) is 0.167. The average molecular weight is 281 g/mol. The van der Waals surface area contributed by atoms with Crippen molar-refractivity contribution in [3.8, 4) is 0 Å². The molecule has 0 bridgehead atoms. The summed E-state index contributed by atoms with van der Waals surface area (Å²) in [4.78, 5) is 9.08. The summed E-state index contributed by atoms with van der Waals surface area (Å²) in [5.41, 5.74) is 3.74. The first kappa shape index (κ1) is 13.3. The number of benzene rings is 1. The Hall–Kier alpha value is -1.14. The van der Waals surface area contributed by atoms with Crippen LogP contribution < -0.4 is 11.3 Å². The van der Waals surface area contributed by atoms with Crippen LogP contribution in [0, 0.1) is 0 Å². The highest BCUT2D eigenvalue weighted by molar-refractivity contribution is 7.99. The van der Waals surface area contributed by atoms with Crippen LogP contribution >= 0.6 is 23.4 Å². The van der Waals surface area contributed by atoms with Crippen molar-refractivity contribution in [2.45, 2.75) is 10.9 Å². The fourth-order valence-electron chi connectivity index (χ4n) is 1.47. The number of nitrogens with two attached hydrogens (primary N) is 1. The molecule has 1 heterocycles. The quantitative estimate of drug-likeness (QED) is 0.500. The maximum absolute atomic E-state index is 5.94. The standard InChI is InChI=1S/C12H13ClN4S/c13-10-2-1-3-11(4-10)18-7-12(17-14)9-5-15-8-16-6-9/h1-6,8,12,17H,7,14H2. The molecule has 3 N–H and O–H groups in total. The molecule has 0 aliphatic heterocycles. The molecule has 2 aromatic rings.